The summed E-state index contributed by atoms with van der Waals surface area (Å²) >= 11 is 7.26. The molecule has 0 saturated heterocycles. The standard InChI is InChI=1S/C28H29ClN4O6S/c1-5-31(6-2)21-12-7-18(15-22(21)33(36)37)16-23-26(34)32-25(19-8-10-20(29)11-9-19)24(17(3)30-28(32)40-23)27(35)39-14-13-38-4/h7-12,15-16,25H,5-6,13-14H2,1-4H3. The summed E-state index contributed by atoms with van der Waals surface area (Å²) in [4.78, 5) is 45.3. The lowest BCUT2D eigenvalue weighted by atomic mass is 9.96. The highest BCUT2D eigenvalue weighted by Gasteiger charge is 2.33. The molecule has 4 rings (SSSR count). The van der Waals surface area contributed by atoms with E-state index in [4.69, 9.17) is 21.1 Å². The van der Waals surface area contributed by atoms with Crippen molar-refractivity contribution in [3.05, 3.63) is 99.7 Å². The number of nitro benzene ring substituents is 1. The van der Waals surface area contributed by atoms with E-state index in [0.717, 1.165) is 11.3 Å². The number of anilines is 1. The molecule has 0 N–H and O–H groups in total. The van der Waals surface area contributed by atoms with Crippen molar-refractivity contribution in [2.24, 2.45) is 4.99 Å². The van der Waals surface area contributed by atoms with Crippen LogP contribution in [-0.2, 0) is 14.3 Å². The van der Waals surface area contributed by atoms with Gasteiger partial charge in [0.15, 0.2) is 4.80 Å². The van der Waals surface area contributed by atoms with Gasteiger partial charge in [0.05, 0.1) is 33.4 Å². The molecule has 0 amide bonds. The number of hydrogen-bond donors (Lipinski definition) is 0. The molecule has 210 valence electrons. The van der Waals surface area contributed by atoms with Crippen LogP contribution >= 0.6 is 22.9 Å². The average molecular weight is 585 g/mol. The molecule has 40 heavy (non-hydrogen) atoms. The van der Waals surface area contributed by atoms with E-state index < -0.39 is 16.9 Å². The van der Waals surface area contributed by atoms with Gasteiger partial charge in [0.2, 0.25) is 0 Å². The molecular weight excluding hydrogens is 556 g/mol. The normalized spacial score (nSPS) is 15.0. The third kappa shape index (κ3) is 5.86. The third-order valence-electron chi connectivity index (χ3n) is 6.55. The molecule has 0 saturated carbocycles. The first kappa shape index (κ1) is 29.2. The van der Waals surface area contributed by atoms with Crippen molar-refractivity contribution in [1.82, 2.24) is 4.57 Å². The highest BCUT2D eigenvalue weighted by Crippen LogP contribution is 2.32. The average Bonchev–Trinajstić information content (AvgIpc) is 3.23. The maximum atomic E-state index is 13.8. The molecular formula is C28H29ClN4O6S. The highest BCUT2D eigenvalue weighted by molar-refractivity contribution is 7.07. The van der Waals surface area contributed by atoms with Gasteiger partial charge in [-0.2, -0.15) is 0 Å². The molecule has 3 aromatic rings. The first-order valence-electron chi connectivity index (χ1n) is 12.7. The molecule has 12 heteroatoms. The minimum Gasteiger partial charge on any atom is -0.460 e. The van der Waals surface area contributed by atoms with Crippen LogP contribution in [0.3, 0.4) is 0 Å². The number of thiazole rings is 1. The van der Waals surface area contributed by atoms with E-state index in [1.54, 1.807) is 49.4 Å². The first-order chi connectivity index (χ1) is 19.2. The second-order valence-corrected chi connectivity index (χ2v) is 10.4. The highest BCUT2D eigenvalue weighted by atomic mass is 35.5. The van der Waals surface area contributed by atoms with Gasteiger partial charge in [-0.1, -0.05) is 41.1 Å². The maximum Gasteiger partial charge on any atom is 0.338 e. The smallest absolute Gasteiger partial charge is 0.338 e. The summed E-state index contributed by atoms with van der Waals surface area (Å²) < 4.78 is 12.2. The number of nitrogens with zero attached hydrogens (tertiary/aromatic N) is 4. The number of rotatable bonds is 10. The molecule has 0 aliphatic carbocycles. The van der Waals surface area contributed by atoms with Crippen molar-refractivity contribution >= 4 is 46.4 Å². The number of allylic oxidation sites excluding steroid dienone is 1. The third-order valence-corrected chi connectivity index (χ3v) is 7.78. The van der Waals surface area contributed by atoms with E-state index in [-0.39, 0.29) is 30.0 Å². The zero-order valence-electron chi connectivity index (χ0n) is 22.5. The number of methoxy groups -OCH3 is 1. The Morgan fingerprint density at radius 2 is 1.90 bits per heavy atom. The van der Waals surface area contributed by atoms with Crippen LogP contribution < -0.4 is 19.8 Å². The van der Waals surface area contributed by atoms with E-state index >= 15 is 0 Å². The number of nitro groups is 1. The molecule has 2 aromatic carbocycles. The van der Waals surface area contributed by atoms with Crippen LogP contribution in [0.25, 0.3) is 6.08 Å². The second-order valence-electron chi connectivity index (χ2n) is 8.94. The Kier molecular flexibility index (Phi) is 9.18. The Morgan fingerprint density at radius 1 is 1.20 bits per heavy atom. The predicted molar refractivity (Wildman–Crippen MR) is 155 cm³/mol. The number of benzene rings is 2. The van der Waals surface area contributed by atoms with E-state index in [1.807, 2.05) is 18.7 Å². The first-order valence-corrected chi connectivity index (χ1v) is 13.9. The molecule has 1 unspecified atom stereocenters. The molecule has 1 aromatic heterocycles. The van der Waals surface area contributed by atoms with Crippen molar-refractivity contribution in [2.45, 2.75) is 26.8 Å². The lowest BCUT2D eigenvalue weighted by Crippen LogP contribution is -2.40. The number of hydrogen-bond acceptors (Lipinski definition) is 9. The largest absolute Gasteiger partial charge is 0.460 e. The summed E-state index contributed by atoms with van der Waals surface area (Å²) in [6, 6.07) is 11.0. The van der Waals surface area contributed by atoms with Gasteiger partial charge < -0.3 is 14.4 Å². The molecule has 10 nitrogen and oxygen atoms in total. The minimum absolute atomic E-state index is 0.0406. The molecule has 1 aliphatic rings. The molecule has 0 bridgehead atoms. The summed E-state index contributed by atoms with van der Waals surface area (Å²) in [6.07, 6.45) is 1.61. The summed E-state index contributed by atoms with van der Waals surface area (Å²) in [7, 11) is 1.51. The lowest BCUT2D eigenvalue weighted by Gasteiger charge is -2.24. The van der Waals surface area contributed by atoms with Crippen molar-refractivity contribution in [2.75, 3.05) is 38.3 Å². The second kappa shape index (κ2) is 12.6. The molecule has 2 heterocycles. The van der Waals surface area contributed by atoms with Crippen LogP contribution in [0, 0.1) is 10.1 Å². The van der Waals surface area contributed by atoms with Gasteiger partial charge in [0, 0.05) is 31.3 Å². The fraction of sp³-hybridized carbons (Fsp3) is 0.321. The zero-order chi connectivity index (χ0) is 29.0. The van der Waals surface area contributed by atoms with Gasteiger partial charge in [-0.25, -0.2) is 9.79 Å². The van der Waals surface area contributed by atoms with Gasteiger partial charge in [0.25, 0.3) is 11.2 Å². The molecule has 1 aliphatic heterocycles. The summed E-state index contributed by atoms with van der Waals surface area (Å²) in [5.74, 6) is -0.602. The Labute approximate surface area is 239 Å². The van der Waals surface area contributed by atoms with E-state index in [1.165, 1.54) is 17.7 Å². The number of esters is 1. The van der Waals surface area contributed by atoms with Crippen LogP contribution in [-0.4, -0.2) is 48.9 Å². The van der Waals surface area contributed by atoms with Crippen LogP contribution in [0.15, 0.2) is 63.5 Å². The molecule has 0 fully saturated rings. The summed E-state index contributed by atoms with van der Waals surface area (Å²) in [6.45, 7) is 7.08. The summed E-state index contributed by atoms with van der Waals surface area (Å²) in [5.41, 5.74) is 1.92. The maximum absolute atomic E-state index is 13.8. The number of carbonyl (C=O) groups excluding carboxylic acids is 1. The topological polar surface area (TPSA) is 116 Å². The van der Waals surface area contributed by atoms with Crippen LogP contribution in [0.1, 0.15) is 37.9 Å². The minimum atomic E-state index is -0.801. The number of fused-ring (bicyclic) bond motifs is 1. The van der Waals surface area contributed by atoms with E-state index in [2.05, 4.69) is 4.99 Å². The van der Waals surface area contributed by atoms with Gasteiger partial charge >= 0.3 is 5.97 Å². The fourth-order valence-corrected chi connectivity index (χ4v) is 5.77. The molecule has 0 spiro atoms. The number of carbonyl (C=O) groups is 1. The van der Waals surface area contributed by atoms with E-state index in [0.29, 0.717) is 50.0 Å². The lowest BCUT2D eigenvalue weighted by molar-refractivity contribution is -0.384. The van der Waals surface area contributed by atoms with Crippen molar-refractivity contribution in [3.63, 3.8) is 0 Å². The van der Waals surface area contributed by atoms with Gasteiger partial charge in [-0.05, 0) is 56.2 Å². The Bertz CT molecular complexity index is 1640. The van der Waals surface area contributed by atoms with Crippen molar-refractivity contribution < 1.29 is 19.2 Å². The van der Waals surface area contributed by atoms with Gasteiger partial charge in [-0.15, -0.1) is 0 Å². The van der Waals surface area contributed by atoms with Gasteiger partial charge in [0.1, 0.15) is 12.3 Å². The number of halogens is 1. The Morgan fingerprint density at radius 3 is 2.52 bits per heavy atom. The molecule has 0 radical (unpaired) electrons. The fourth-order valence-electron chi connectivity index (χ4n) is 4.60. The van der Waals surface area contributed by atoms with Crippen LogP contribution in [0.4, 0.5) is 11.4 Å². The number of ether oxygens (including phenoxy) is 2. The predicted octanol–water partition coefficient (Wildman–Crippen LogP) is 3.83. The van der Waals surface area contributed by atoms with Crippen molar-refractivity contribution in [3.8, 4) is 0 Å². The summed E-state index contributed by atoms with van der Waals surface area (Å²) in [5, 5.41) is 12.4. The Balaban J connectivity index is 1.87. The van der Waals surface area contributed by atoms with E-state index in [9.17, 15) is 19.7 Å². The van der Waals surface area contributed by atoms with Crippen molar-refractivity contribution in [1.29, 1.82) is 0 Å². The van der Waals surface area contributed by atoms with Crippen LogP contribution in [0.2, 0.25) is 5.02 Å². The van der Waals surface area contributed by atoms with Crippen LogP contribution in [0.5, 0.6) is 0 Å². The quantitative estimate of drug-likeness (QED) is 0.154. The monoisotopic (exact) mass is 584 g/mol. The SMILES string of the molecule is CCN(CC)c1ccc(C=c2sc3n(c2=O)C(c2ccc(Cl)cc2)C(C(=O)OCCOC)=C(C)N=3)cc1[N+](=O)[O-]. The van der Waals surface area contributed by atoms with Gasteiger partial charge in [-0.3, -0.25) is 19.5 Å². The number of aromatic nitrogens is 1. The Hall–Kier alpha value is -3.80. The zero-order valence-corrected chi connectivity index (χ0v) is 24.1. The molecule has 1 atom stereocenters.